The summed E-state index contributed by atoms with van der Waals surface area (Å²) in [5.41, 5.74) is 0. The number of carbonyl (C=O) groups is 2. The van der Waals surface area contributed by atoms with Crippen molar-refractivity contribution in [3.05, 3.63) is 36.5 Å². The molecule has 0 aliphatic carbocycles. The number of esters is 1. The maximum absolute atomic E-state index is 12.5. The monoisotopic (exact) mass is 1220 g/mol. The molecule has 6 nitrogen and oxygen atoms in total. The number of nitrogens with one attached hydrogen (secondary N) is 1. The van der Waals surface area contributed by atoms with Gasteiger partial charge in [0.25, 0.3) is 0 Å². The molecule has 87 heavy (non-hydrogen) atoms. The Morgan fingerprint density at radius 3 is 0.816 bits per heavy atom. The van der Waals surface area contributed by atoms with Gasteiger partial charge in [0.05, 0.1) is 25.4 Å². The van der Waals surface area contributed by atoms with Crippen molar-refractivity contribution in [2.45, 2.75) is 456 Å². The fourth-order valence-corrected chi connectivity index (χ4v) is 12.6. The molecule has 514 valence electrons. The van der Waals surface area contributed by atoms with Crippen LogP contribution in [-0.4, -0.2) is 47.4 Å². The molecule has 0 aliphatic rings. The van der Waals surface area contributed by atoms with Crippen molar-refractivity contribution in [1.29, 1.82) is 0 Å². The van der Waals surface area contributed by atoms with E-state index in [0.29, 0.717) is 19.4 Å². The number of carbonyl (C=O) groups excluding carboxylic acids is 2. The molecular formula is C81H155NO5. The quantitative estimate of drug-likeness (QED) is 0.0320. The number of unbranched alkanes of at least 4 members (excludes halogenated alkanes) is 60. The molecule has 0 bridgehead atoms. The zero-order valence-corrected chi connectivity index (χ0v) is 59.0. The van der Waals surface area contributed by atoms with E-state index in [1.165, 1.54) is 379 Å². The number of amides is 1. The third-order valence-electron chi connectivity index (χ3n) is 18.6. The lowest BCUT2D eigenvalue weighted by Crippen LogP contribution is -2.45. The third kappa shape index (κ3) is 73.0. The lowest BCUT2D eigenvalue weighted by atomic mass is 10.0. The van der Waals surface area contributed by atoms with Gasteiger partial charge in [0, 0.05) is 12.8 Å². The van der Waals surface area contributed by atoms with Crippen LogP contribution in [0.15, 0.2) is 36.5 Å². The van der Waals surface area contributed by atoms with Crippen molar-refractivity contribution in [2.75, 3.05) is 13.2 Å². The molecule has 0 saturated carbocycles. The second-order valence-electron chi connectivity index (χ2n) is 27.4. The first-order valence-corrected chi connectivity index (χ1v) is 39.8. The molecule has 3 N–H and O–H groups in total. The van der Waals surface area contributed by atoms with Gasteiger partial charge in [0.15, 0.2) is 0 Å². The predicted molar refractivity (Wildman–Crippen MR) is 384 cm³/mol. The second-order valence-corrected chi connectivity index (χ2v) is 27.4. The van der Waals surface area contributed by atoms with Crippen molar-refractivity contribution in [3.63, 3.8) is 0 Å². The molecule has 0 fully saturated rings. The van der Waals surface area contributed by atoms with Crippen molar-refractivity contribution in [3.8, 4) is 0 Å². The topological polar surface area (TPSA) is 95.9 Å². The lowest BCUT2D eigenvalue weighted by molar-refractivity contribution is -0.143. The van der Waals surface area contributed by atoms with Crippen LogP contribution >= 0.6 is 0 Å². The number of allylic oxidation sites excluding steroid dienone is 5. The van der Waals surface area contributed by atoms with E-state index in [0.717, 1.165) is 38.5 Å². The van der Waals surface area contributed by atoms with E-state index >= 15 is 0 Å². The summed E-state index contributed by atoms with van der Waals surface area (Å²) in [6.45, 7) is 4.95. The van der Waals surface area contributed by atoms with Gasteiger partial charge in [-0.1, -0.05) is 384 Å². The molecule has 0 aliphatic heterocycles. The highest BCUT2D eigenvalue weighted by atomic mass is 16.5. The van der Waals surface area contributed by atoms with Crippen molar-refractivity contribution >= 4 is 11.9 Å². The third-order valence-corrected chi connectivity index (χ3v) is 18.6. The highest BCUT2D eigenvalue weighted by Crippen LogP contribution is 2.19. The Hall–Kier alpha value is -1.92. The number of aliphatic hydroxyl groups excluding tert-OH is 2. The fraction of sp³-hybridized carbons (Fsp3) is 0.901. The molecule has 0 heterocycles. The van der Waals surface area contributed by atoms with Crippen LogP contribution in [0.1, 0.15) is 444 Å². The van der Waals surface area contributed by atoms with Gasteiger partial charge in [-0.25, -0.2) is 0 Å². The molecule has 0 aromatic carbocycles. The largest absolute Gasteiger partial charge is 0.466 e. The molecular weight excluding hydrogens is 1070 g/mol. The molecule has 2 unspecified atom stereocenters. The van der Waals surface area contributed by atoms with Gasteiger partial charge in [-0.15, -0.1) is 0 Å². The van der Waals surface area contributed by atoms with E-state index in [4.69, 9.17) is 4.74 Å². The van der Waals surface area contributed by atoms with E-state index in [-0.39, 0.29) is 18.5 Å². The maximum Gasteiger partial charge on any atom is 0.305 e. The van der Waals surface area contributed by atoms with Gasteiger partial charge in [-0.05, 0) is 83.5 Å². The Kier molecular flexibility index (Phi) is 74.8. The van der Waals surface area contributed by atoms with E-state index in [1.54, 1.807) is 6.08 Å². The van der Waals surface area contributed by atoms with E-state index in [9.17, 15) is 19.8 Å². The van der Waals surface area contributed by atoms with Gasteiger partial charge in [-0.2, -0.15) is 0 Å². The minimum Gasteiger partial charge on any atom is -0.466 e. The number of hydrogen-bond donors (Lipinski definition) is 3. The normalized spacial score (nSPS) is 12.6. The summed E-state index contributed by atoms with van der Waals surface area (Å²) < 4.78 is 5.51. The molecule has 0 rings (SSSR count). The van der Waals surface area contributed by atoms with Gasteiger partial charge in [0.1, 0.15) is 0 Å². The molecule has 0 spiro atoms. The summed E-state index contributed by atoms with van der Waals surface area (Å²) in [6, 6.07) is -0.629. The Labute approximate surface area is 544 Å². The number of aliphatic hydroxyl groups is 2. The fourth-order valence-electron chi connectivity index (χ4n) is 12.6. The van der Waals surface area contributed by atoms with Gasteiger partial charge in [-0.3, -0.25) is 9.59 Å². The van der Waals surface area contributed by atoms with Gasteiger partial charge in [0.2, 0.25) is 5.91 Å². The molecule has 0 aromatic heterocycles. The predicted octanol–water partition coefficient (Wildman–Crippen LogP) is 26.2. The average molecular weight is 1220 g/mol. The van der Waals surface area contributed by atoms with Crippen LogP contribution in [0.4, 0.5) is 0 Å². The summed E-state index contributed by atoms with van der Waals surface area (Å²) in [5.74, 6) is -0.0460. The van der Waals surface area contributed by atoms with E-state index in [2.05, 4.69) is 43.5 Å². The van der Waals surface area contributed by atoms with E-state index < -0.39 is 12.1 Å². The minimum atomic E-state index is -0.846. The SMILES string of the molecule is CCCCCCCC/C=C\CCCCCCCCCCCC(=O)OCCCCCCCCCCCCCC/C=C\CCCCCCCCCCCCCCCC(=O)NC(CO)C(O)/C=C/CCCCCCCCCCCCCCCCCCCCCC. The average Bonchev–Trinajstić information content (AvgIpc) is 3.52. The minimum absolute atomic E-state index is 0.0166. The van der Waals surface area contributed by atoms with Crippen molar-refractivity contribution in [2.24, 2.45) is 0 Å². The molecule has 6 heteroatoms. The first-order chi connectivity index (χ1) is 43.0. The highest BCUT2D eigenvalue weighted by Gasteiger charge is 2.18. The molecule has 0 radical (unpaired) electrons. The molecule has 2 atom stereocenters. The van der Waals surface area contributed by atoms with Crippen LogP contribution in [0.5, 0.6) is 0 Å². The first kappa shape index (κ1) is 85.1. The first-order valence-electron chi connectivity index (χ1n) is 39.8. The van der Waals surface area contributed by atoms with Crippen LogP contribution < -0.4 is 5.32 Å². The summed E-state index contributed by atoms with van der Waals surface area (Å²) in [5, 5.41) is 23.3. The Morgan fingerprint density at radius 2 is 0.540 bits per heavy atom. The Morgan fingerprint density at radius 1 is 0.310 bits per heavy atom. The summed E-state index contributed by atoms with van der Waals surface area (Å²) >= 11 is 0. The summed E-state index contributed by atoms with van der Waals surface area (Å²) in [4.78, 5) is 24.7. The van der Waals surface area contributed by atoms with Crippen molar-refractivity contribution in [1.82, 2.24) is 5.32 Å². The van der Waals surface area contributed by atoms with Crippen LogP contribution in [-0.2, 0) is 14.3 Å². The van der Waals surface area contributed by atoms with Crippen LogP contribution in [0.2, 0.25) is 0 Å². The lowest BCUT2D eigenvalue weighted by Gasteiger charge is -2.20. The smallest absolute Gasteiger partial charge is 0.305 e. The van der Waals surface area contributed by atoms with Crippen LogP contribution in [0.25, 0.3) is 0 Å². The standard InChI is InChI=1S/C81H155NO5/c1-3-5-7-9-11-13-15-17-19-21-23-24-34-38-41-45-49-53-57-61-65-69-73-79(84)78(77-83)82-80(85)74-70-66-62-58-54-50-46-42-39-35-32-30-28-26-25-27-29-31-33-36-40-44-48-52-56-60-64-68-72-76-87-81(86)75-71-67-63-59-55-51-47-43-37-22-20-18-16-14-12-10-8-6-4-2/h18,20,25,27,69,73,78-79,83-84H,3-17,19,21-24,26,28-68,70-72,74-77H2,1-2H3,(H,82,85)/b20-18-,27-25-,73-69+. The summed E-state index contributed by atoms with van der Waals surface area (Å²) in [7, 11) is 0. The Bertz CT molecular complexity index is 1410. The molecule has 1 amide bonds. The van der Waals surface area contributed by atoms with Gasteiger partial charge >= 0.3 is 5.97 Å². The Balaban J connectivity index is 3.38. The summed E-state index contributed by atoms with van der Waals surface area (Å²) in [6.07, 6.45) is 99.7. The van der Waals surface area contributed by atoms with Crippen molar-refractivity contribution < 1.29 is 24.5 Å². The molecule has 0 aromatic rings. The van der Waals surface area contributed by atoms with Crippen LogP contribution in [0, 0.1) is 0 Å². The van der Waals surface area contributed by atoms with E-state index in [1.807, 2.05) is 6.08 Å². The highest BCUT2D eigenvalue weighted by molar-refractivity contribution is 5.76. The number of rotatable bonds is 75. The van der Waals surface area contributed by atoms with Crippen LogP contribution in [0.3, 0.4) is 0 Å². The maximum atomic E-state index is 12.5. The van der Waals surface area contributed by atoms with Gasteiger partial charge < -0.3 is 20.3 Å². The number of hydrogen-bond acceptors (Lipinski definition) is 5. The number of ether oxygens (including phenoxy) is 1. The molecule has 0 saturated heterocycles. The second kappa shape index (κ2) is 76.5. The zero-order valence-electron chi connectivity index (χ0n) is 59.0. The zero-order chi connectivity index (χ0) is 62.8.